The van der Waals surface area contributed by atoms with Gasteiger partial charge in [-0.1, -0.05) is 127 Å². The van der Waals surface area contributed by atoms with Crippen LogP contribution in [0.25, 0.3) is 38.8 Å². The molecule has 1 aliphatic heterocycles. The zero-order chi connectivity index (χ0) is 35.8. The molecule has 10 rings (SSSR count). The fourth-order valence-corrected chi connectivity index (χ4v) is 7.93. The zero-order valence-electron chi connectivity index (χ0n) is 29.5. The molecule has 0 fully saturated rings. The number of para-hydroxylation sites is 2. The highest BCUT2D eigenvalue weighted by atomic mass is 15.4. The Kier molecular flexibility index (Phi) is 7.81. The minimum Gasteiger partial charge on any atom is -0.320 e. The first-order valence-corrected chi connectivity index (χ1v) is 18.3. The lowest BCUT2D eigenvalue weighted by Crippen LogP contribution is -2.24. The summed E-state index contributed by atoms with van der Waals surface area (Å²) in [6.45, 7) is 0.652. The van der Waals surface area contributed by atoms with Gasteiger partial charge in [0, 0.05) is 34.5 Å². The van der Waals surface area contributed by atoms with Gasteiger partial charge in [-0.15, -0.1) is 0 Å². The molecule has 256 valence electrons. The van der Waals surface area contributed by atoms with Crippen LogP contribution >= 0.6 is 0 Å². The van der Waals surface area contributed by atoms with Crippen LogP contribution in [0.4, 0.5) is 22.9 Å². The van der Waals surface area contributed by atoms with Gasteiger partial charge in [0.15, 0.2) is 5.82 Å². The van der Waals surface area contributed by atoms with Gasteiger partial charge >= 0.3 is 0 Å². The predicted molar refractivity (Wildman–Crippen MR) is 223 cm³/mol. The Bertz CT molecular complexity index is 2750. The largest absolute Gasteiger partial charge is 0.320 e. The number of pyridine rings is 2. The molecule has 0 saturated carbocycles. The SMILES string of the molecule is c1ccc(C(=C(c2cccc(N3CN(c4ccccc4)c4cccnc43)c2)c2ccc3c4ccccc4n(-c4ccccn4)c3c2)c2ccccc2)cc1. The monoisotopic (exact) mass is 693 g/mol. The Labute approximate surface area is 314 Å². The number of rotatable bonds is 7. The normalized spacial score (nSPS) is 12.3. The van der Waals surface area contributed by atoms with Crippen LogP contribution in [0.15, 0.2) is 200 Å². The second kappa shape index (κ2) is 13.4. The summed E-state index contributed by atoms with van der Waals surface area (Å²) in [6, 6.07) is 66.8. The highest BCUT2D eigenvalue weighted by Crippen LogP contribution is 2.45. The van der Waals surface area contributed by atoms with E-state index in [-0.39, 0.29) is 0 Å². The van der Waals surface area contributed by atoms with Crippen molar-refractivity contribution in [3.63, 3.8) is 0 Å². The van der Waals surface area contributed by atoms with Crippen molar-refractivity contribution < 1.29 is 0 Å². The van der Waals surface area contributed by atoms with Crippen LogP contribution in [0, 0.1) is 0 Å². The van der Waals surface area contributed by atoms with Gasteiger partial charge in [0.1, 0.15) is 12.5 Å². The van der Waals surface area contributed by atoms with Crippen LogP contribution in [0.1, 0.15) is 22.3 Å². The number of benzene rings is 6. The summed E-state index contributed by atoms with van der Waals surface area (Å²) < 4.78 is 2.29. The maximum atomic E-state index is 4.91. The number of nitrogens with zero attached hydrogens (tertiary/aromatic N) is 5. The zero-order valence-corrected chi connectivity index (χ0v) is 29.5. The fraction of sp³-hybridized carbons (Fsp3) is 0.0204. The van der Waals surface area contributed by atoms with E-state index in [0.717, 1.165) is 67.6 Å². The molecule has 0 bridgehead atoms. The van der Waals surface area contributed by atoms with Crippen molar-refractivity contribution in [3.8, 4) is 5.82 Å². The average molecular weight is 694 g/mol. The molecule has 6 aromatic carbocycles. The molecule has 0 unspecified atom stereocenters. The standard InChI is InChI=1S/C49H35N5/c1-4-16-35(17-5-1)47(36-18-6-2-7-19-36)48(38-28-29-42-41-24-10-11-25-43(41)54(45(42)33-38)46-27-12-13-30-50-46)37-20-14-23-40(32-37)53-34-52(39-21-8-3-9-22-39)44-26-15-31-51-49(44)53/h1-33H,34H2. The van der Waals surface area contributed by atoms with Crippen LogP contribution in [0.2, 0.25) is 0 Å². The maximum absolute atomic E-state index is 4.91. The molecule has 3 aromatic heterocycles. The average Bonchev–Trinajstić information content (AvgIpc) is 3.80. The molecular formula is C49H35N5. The van der Waals surface area contributed by atoms with E-state index in [1.54, 1.807) is 0 Å². The van der Waals surface area contributed by atoms with Crippen molar-refractivity contribution in [2.45, 2.75) is 0 Å². The number of aromatic nitrogens is 3. The molecule has 5 heteroatoms. The molecule has 0 aliphatic carbocycles. The Hall–Kier alpha value is -7.24. The van der Waals surface area contributed by atoms with Gasteiger partial charge in [0.25, 0.3) is 0 Å². The second-order valence-electron chi connectivity index (χ2n) is 13.5. The fourth-order valence-electron chi connectivity index (χ4n) is 7.93. The van der Waals surface area contributed by atoms with Crippen molar-refractivity contribution in [1.29, 1.82) is 0 Å². The number of hydrogen-bond donors (Lipinski definition) is 0. The van der Waals surface area contributed by atoms with Gasteiger partial charge in [0.2, 0.25) is 0 Å². The van der Waals surface area contributed by atoms with Gasteiger partial charge in [-0.3, -0.25) is 4.57 Å². The van der Waals surface area contributed by atoms with Crippen LogP contribution in [-0.2, 0) is 0 Å². The lowest BCUT2D eigenvalue weighted by molar-refractivity contribution is 0.981. The Balaban J connectivity index is 1.22. The highest BCUT2D eigenvalue weighted by molar-refractivity contribution is 6.12. The van der Waals surface area contributed by atoms with Crippen LogP contribution in [0.3, 0.4) is 0 Å². The van der Waals surface area contributed by atoms with Gasteiger partial charge in [-0.2, -0.15) is 0 Å². The summed E-state index contributed by atoms with van der Waals surface area (Å²) in [7, 11) is 0. The smallest absolute Gasteiger partial charge is 0.158 e. The van der Waals surface area contributed by atoms with E-state index in [2.05, 4.69) is 190 Å². The van der Waals surface area contributed by atoms with Gasteiger partial charge < -0.3 is 9.80 Å². The lowest BCUT2D eigenvalue weighted by atomic mass is 9.85. The lowest BCUT2D eigenvalue weighted by Gasteiger charge is -2.23. The van der Waals surface area contributed by atoms with Crippen LogP contribution < -0.4 is 9.80 Å². The molecule has 4 heterocycles. The summed E-state index contributed by atoms with van der Waals surface area (Å²) in [5.74, 6) is 1.83. The Morgan fingerprint density at radius 2 is 1.02 bits per heavy atom. The van der Waals surface area contributed by atoms with Crippen molar-refractivity contribution in [1.82, 2.24) is 14.5 Å². The van der Waals surface area contributed by atoms with E-state index in [9.17, 15) is 0 Å². The predicted octanol–water partition coefficient (Wildman–Crippen LogP) is 11.8. The van der Waals surface area contributed by atoms with Crippen molar-refractivity contribution >= 4 is 55.8 Å². The first kappa shape index (κ1) is 31.5. The first-order chi connectivity index (χ1) is 26.8. The Morgan fingerprint density at radius 3 is 1.78 bits per heavy atom. The summed E-state index contributed by atoms with van der Waals surface area (Å²) in [6.07, 6.45) is 3.75. The molecule has 54 heavy (non-hydrogen) atoms. The second-order valence-corrected chi connectivity index (χ2v) is 13.5. The minimum atomic E-state index is 0.652. The van der Waals surface area contributed by atoms with Crippen molar-refractivity contribution in [3.05, 3.63) is 223 Å². The van der Waals surface area contributed by atoms with E-state index in [1.807, 2.05) is 24.5 Å². The van der Waals surface area contributed by atoms with Crippen LogP contribution in [0.5, 0.6) is 0 Å². The number of anilines is 4. The molecule has 0 N–H and O–H groups in total. The topological polar surface area (TPSA) is 37.2 Å². The molecule has 5 nitrogen and oxygen atoms in total. The Morgan fingerprint density at radius 1 is 0.407 bits per heavy atom. The third kappa shape index (κ3) is 5.42. The van der Waals surface area contributed by atoms with Crippen molar-refractivity contribution in [2.75, 3.05) is 16.5 Å². The highest BCUT2D eigenvalue weighted by Gasteiger charge is 2.29. The third-order valence-corrected chi connectivity index (χ3v) is 10.3. The maximum Gasteiger partial charge on any atom is 0.158 e. The quantitative estimate of drug-likeness (QED) is 0.156. The molecule has 0 radical (unpaired) electrons. The van der Waals surface area contributed by atoms with E-state index < -0.39 is 0 Å². The van der Waals surface area contributed by atoms with E-state index in [0.29, 0.717) is 6.67 Å². The third-order valence-electron chi connectivity index (χ3n) is 10.3. The van der Waals surface area contributed by atoms with Gasteiger partial charge in [-0.05, 0) is 94.1 Å². The van der Waals surface area contributed by atoms with E-state index in [4.69, 9.17) is 9.97 Å². The van der Waals surface area contributed by atoms with E-state index in [1.165, 1.54) is 16.3 Å². The molecule has 0 atom stereocenters. The molecule has 0 spiro atoms. The number of hydrogen-bond acceptors (Lipinski definition) is 4. The van der Waals surface area contributed by atoms with E-state index >= 15 is 0 Å². The summed E-state index contributed by atoms with van der Waals surface area (Å²) >= 11 is 0. The summed E-state index contributed by atoms with van der Waals surface area (Å²) in [5, 5.41) is 2.39. The van der Waals surface area contributed by atoms with Crippen LogP contribution in [-0.4, -0.2) is 21.2 Å². The molecule has 0 amide bonds. The molecule has 9 aromatic rings. The summed E-state index contributed by atoms with van der Waals surface area (Å²) in [4.78, 5) is 14.4. The minimum absolute atomic E-state index is 0.652. The molecule has 1 aliphatic rings. The first-order valence-electron chi connectivity index (χ1n) is 18.3. The van der Waals surface area contributed by atoms with Gasteiger partial charge in [0.05, 0.1) is 16.7 Å². The van der Waals surface area contributed by atoms with Gasteiger partial charge in [-0.25, -0.2) is 9.97 Å². The summed E-state index contributed by atoms with van der Waals surface area (Å²) in [5.41, 5.74) is 12.4. The van der Waals surface area contributed by atoms with Crippen molar-refractivity contribution in [2.24, 2.45) is 0 Å². The molecular weight excluding hydrogens is 659 g/mol. The molecule has 0 saturated heterocycles. The number of fused-ring (bicyclic) bond motifs is 4.